The monoisotopic (exact) mass is 335 g/mol. The Labute approximate surface area is 129 Å². The molecular formula is C16H22BrN3. The van der Waals surface area contributed by atoms with E-state index >= 15 is 0 Å². The van der Waals surface area contributed by atoms with E-state index in [1.807, 2.05) is 6.92 Å². The molecule has 0 amide bonds. The van der Waals surface area contributed by atoms with Crippen LogP contribution in [0.3, 0.4) is 0 Å². The van der Waals surface area contributed by atoms with Gasteiger partial charge in [-0.05, 0) is 50.5 Å². The molecule has 0 saturated carbocycles. The van der Waals surface area contributed by atoms with Gasteiger partial charge in [0, 0.05) is 22.9 Å². The Hall–Kier alpha value is -1.29. The maximum absolute atomic E-state index is 4.58. The molecule has 1 aromatic heterocycles. The summed E-state index contributed by atoms with van der Waals surface area (Å²) >= 11 is 3.60. The lowest BCUT2D eigenvalue weighted by atomic mass is 10.1. The molecule has 2 aromatic rings. The summed E-state index contributed by atoms with van der Waals surface area (Å²) in [5.41, 5.74) is 4.60. The third-order valence-corrected chi connectivity index (χ3v) is 4.59. The van der Waals surface area contributed by atoms with Crippen molar-refractivity contribution in [3.63, 3.8) is 0 Å². The van der Waals surface area contributed by atoms with E-state index in [9.17, 15) is 0 Å². The van der Waals surface area contributed by atoms with E-state index in [0.29, 0.717) is 0 Å². The number of nitrogens with zero attached hydrogens (tertiary/aromatic N) is 2. The highest BCUT2D eigenvalue weighted by Crippen LogP contribution is 2.27. The summed E-state index contributed by atoms with van der Waals surface area (Å²) in [4.78, 5) is 4.58. The minimum atomic E-state index is 0.928. The number of hydrogen-bond donors (Lipinski definition) is 1. The van der Waals surface area contributed by atoms with Gasteiger partial charge in [0.05, 0.1) is 5.69 Å². The summed E-state index contributed by atoms with van der Waals surface area (Å²) in [5.74, 6) is 0.928. The number of unbranched alkanes of at least 4 members (excludes halogenated alkanes) is 1. The summed E-state index contributed by atoms with van der Waals surface area (Å²) in [7, 11) is 0. The minimum Gasteiger partial charge on any atom is -0.326 e. The van der Waals surface area contributed by atoms with Crippen LogP contribution in [0.5, 0.6) is 0 Å². The molecule has 0 saturated heterocycles. The van der Waals surface area contributed by atoms with Gasteiger partial charge in [-0.1, -0.05) is 29.3 Å². The molecule has 3 nitrogen and oxygen atoms in total. The van der Waals surface area contributed by atoms with Gasteiger partial charge in [0.15, 0.2) is 0 Å². The fraction of sp³-hybridized carbons (Fsp3) is 0.438. The predicted octanol–water partition coefficient (Wildman–Crippen LogP) is 5.11. The molecule has 0 spiro atoms. The summed E-state index contributed by atoms with van der Waals surface area (Å²) in [6.45, 7) is 9.46. The highest BCUT2D eigenvalue weighted by atomic mass is 79.9. The number of aryl methyl sites for hydroxylation is 4. The zero-order valence-corrected chi connectivity index (χ0v) is 14.2. The van der Waals surface area contributed by atoms with Gasteiger partial charge in [-0.3, -0.25) is 0 Å². The smallest absolute Gasteiger partial charge is 0.207 e. The zero-order valence-electron chi connectivity index (χ0n) is 12.6. The number of aromatic nitrogens is 2. The van der Waals surface area contributed by atoms with Crippen molar-refractivity contribution < 1.29 is 0 Å². The van der Waals surface area contributed by atoms with E-state index in [-0.39, 0.29) is 0 Å². The fourth-order valence-electron chi connectivity index (χ4n) is 2.29. The maximum Gasteiger partial charge on any atom is 0.207 e. The van der Waals surface area contributed by atoms with Crippen molar-refractivity contribution in [2.75, 3.05) is 5.32 Å². The van der Waals surface area contributed by atoms with E-state index in [0.717, 1.165) is 23.9 Å². The first-order valence-electron chi connectivity index (χ1n) is 7.08. The lowest BCUT2D eigenvalue weighted by molar-refractivity contribution is 0.637. The molecule has 1 heterocycles. The van der Waals surface area contributed by atoms with Crippen molar-refractivity contribution in [1.29, 1.82) is 0 Å². The third kappa shape index (κ3) is 3.42. The number of anilines is 2. The number of nitrogens with one attached hydrogen (secondary N) is 1. The topological polar surface area (TPSA) is 29.9 Å². The first-order chi connectivity index (χ1) is 9.51. The fourth-order valence-corrected chi connectivity index (χ4v) is 2.52. The average molecular weight is 336 g/mol. The standard InChI is InChI=1S/C16H22BrN3/c1-5-6-7-20-10-13(4)18-16(20)19-14-8-11(2)15(17)12(3)9-14/h8-10H,5-7H2,1-4H3,(H,18,19). The molecule has 0 atom stereocenters. The normalized spacial score (nSPS) is 10.8. The molecule has 0 radical (unpaired) electrons. The van der Waals surface area contributed by atoms with Gasteiger partial charge in [-0.25, -0.2) is 4.98 Å². The van der Waals surface area contributed by atoms with Crippen molar-refractivity contribution in [2.24, 2.45) is 0 Å². The molecule has 1 aromatic carbocycles. The Balaban J connectivity index is 2.25. The predicted molar refractivity (Wildman–Crippen MR) is 88.8 cm³/mol. The van der Waals surface area contributed by atoms with Crippen LogP contribution in [0, 0.1) is 20.8 Å². The van der Waals surface area contributed by atoms with Crippen LogP contribution in [-0.2, 0) is 6.54 Å². The first-order valence-corrected chi connectivity index (χ1v) is 7.88. The molecule has 0 aliphatic heterocycles. The molecule has 0 fully saturated rings. The van der Waals surface area contributed by atoms with Crippen LogP contribution in [0.1, 0.15) is 36.6 Å². The molecule has 4 heteroatoms. The van der Waals surface area contributed by atoms with Crippen LogP contribution in [0.25, 0.3) is 0 Å². The van der Waals surface area contributed by atoms with Gasteiger partial charge in [0.25, 0.3) is 0 Å². The van der Waals surface area contributed by atoms with Crippen molar-refractivity contribution in [1.82, 2.24) is 9.55 Å². The van der Waals surface area contributed by atoms with Crippen LogP contribution >= 0.6 is 15.9 Å². The lowest BCUT2D eigenvalue weighted by Gasteiger charge is -2.12. The molecule has 2 rings (SSSR count). The van der Waals surface area contributed by atoms with Gasteiger partial charge in [0.2, 0.25) is 5.95 Å². The Bertz CT molecular complexity index is 579. The maximum atomic E-state index is 4.58. The van der Waals surface area contributed by atoms with Crippen molar-refractivity contribution >= 4 is 27.6 Å². The second-order valence-corrected chi connectivity index (χ2v) is 6.09. The van der Waals surface area contributed by atoms with Gasteiger partial charge < -0.3 is 9.88 Å². The SMILES string of the molecule is CCCCn1cc(C)nc1Nc1cc(C)c(Br)c(C)c1. The molecule has 0 bridgehead atoms. The summed E-state index contributed by atoms with van der Waals surface area (Å²) in [6.07, 6.45) is 4.46. The Morgan fingerprint density at radius 3 is 2.45 bits per heavy atom. The molecule has 0 aliphatic rings. The van der Waals surface area contributed by atoms with E-state index in [2.05, 4.69) is 69.9 Å². The van der Waals surface area contributed by atoms with E-state index < -0.39 is 0 Å². The highest BCUT2D eigenvalue weighted by molar-refractivity contribution is 9.10. The molecule has 108 valence electrons. The summed E-state index contributed by atoms with van der Waals surface area (Å²) < 4.78 is 3.37. The van der Waals surface area contributed by atoms with Crippen LogP contribution < -0.4 is 5.32 Å². The van der Waals surface area contributed by atoms with Crippen molar-refractivity contribution in [3.05, 3.63) is 39.6 Å². The van der Waals surface area contributed by atoms with Gasteiger partial charge in [0.1, 0.15) is 0 Å². The Kier molecular flexibility index (Phi) is 4.86. The quantitative estimate of drug-likeness (QED) is 0.822. The largest absolute Gasteiger partial charge is 0.326 e. The van der Waals surface area contributed by atoms with Crippen LogP contribution in [0.2, 0.25) is 0 Å². The third-order valence-electron chi connectivity index (χ3n) is 3.34. The van der Waals surface area contributed by atoms with Gasteiger partial charge in [-0.2, -0.15) is 0 Å². The zero-order chi connectivity index (χ0) is 14.7. The second kappa shape index (κ2) is 6.44. The van der Waals surface area contributed by atoms with Crippen LogP contribution in [0.15, 0.2) is 22.8 Å². The molecule has 0 aliphatic carbocycles. The lowest BCUT2D eigenvalue weighted by Crippen LogP contribution is -2.03. The minimum absolute atomic E-state index is 0.928. The van der Waals surface area contributed by atoms with Crippen molar-refractivity contribution in [3.8, 4) is 0 Å². The molecular weight excluding hydrogens is 314 g/mol. The summed E-state index contributed by atoms with van der Waals surface area (Å²) in [6, 6.07) is 4.29. The highest BCUT2D eigenvalue weighted by Gasteiger charge is 2.08. The van der Waals surface area contributed by atoms with Gasteiger partial charge in [-0.15, -0.1) is 0 Å². The number of halogens is 1. The Morgan fingerprint density at radius 1 is 1.20 bits per heavy atom. The summed E-state index contributed by atoms with van der Waals surface area (Å²) in [5, 5.41) is 3.44. The second-order valence-electron chi connectivity index (χ2n) is 5.30. The molecule has 0 unspecified atom stereocenters. The van der Waals surface area contributed by atoms with Gasteiger partial charge >= 0.3 is 0 Å². The van der Waals surface area contributed by atoms with Crippen LogP contribution in [0.4, 0.5) is 11.6 Å². The van der Waals surface area contributed by atoms with Crippen molar-refractivity contribution in [2.45, 2.75) is 47.1 Å². The average Bonchev–Trinajstić information content (AvgIpc) is 2.73. The number of imidazole rings is 1. The Morgan fingerprint density at radius 2 is 1.85 bits per heavy atom. The first kappa shape index (κ1) is 15.1. The van der Waals surface area contributed by atoms with E-state index in [4.69, 9.17) is 0 Å². The van der Waals surface area contributed by atoms with Crippen LogP contribution in [-0.4, -0.2) is 9.55 Å². The molecule has 20 heavy (non-hydrogen) atoms. The number of rotatable bonds is 5. The molecule has 1 N–H and O–H groups in total. The number of hydrogen-bond acceptors (Lipinski definition) is 2. The van der Waals surface area contributed by atoms with E-state index in [1.165, 1.54) is 28.4 Å². The van der Waals surface area contributed by atoms with E-state index in [1.54, 1.807) is 0 Å². The number of benzene rings is 1.